The number of β-amino-alcohol motifs (C(OH)–C–C–N with tert-alkyl or cyclic N) is 1. The molecular weight excluding hydrogens is 388 g/mol. The first kappa shape index (κ1) is 22.1. The smallest absolute Gasteiger partial charge is 0.290 e. The summed E-state index contributed by atoms with van der Waals surface area (Å²) in [7, 11) is -0.395. The van der Waals surface area contributed by atoms with Gasteiger partial charge in [-0.3, -0.25) is 4.79 Å². The van der Waals surface area contributed by atoms with E-state index < -0.39 is 16.1 Å². The first-order valence-corrected chi connectivity index (χ1v) is 10.3. The minimum atomic E-state index is -3.39. The lowest BCUT2D eigenvalue weighted by Gasteiger charge is -2.19. The molecule has 0 radical (unpaired) electrons. The van der Waals surface area contributed by atoms with Crippen molar-refractivity contribution in [3.8, 4) is 0 Å². The Bertz CT molecular complexity index is 898. The summed E-state index contributed by atoms with van der Waals surface area (Å²) in [5, 5.41) is 26.6. The molecule has 2 atom stereocenters. The monoisotopic (exact) mass is 414 g/mol. The molecule has 1 aliphatic heterocycles. The van der Waals surface area contributed by atoms with Crippen LogP contribution in [0.4, 0.5) is 5.95 Å². The third-order valence-electron chi connectivity index (χ3n) is 4.63. The lowest BCUT2D eigenvalue weighted by Crippen LogP contribution is -2.33. The zero-order chi connectivity index (χ0) is 20.9. The summed E-state index contributed by atoms with van der Waals surface area (Å²) in [5.41, 5.74) is 1.72. The van der Waals surface area contributed by atoms with E-state index in [4.69, 9.17) is 9.90 Å². The van der Waals surface area contributed by atoms with Gasteiger partial charge in [-0.15, -0.1) is 0 Å². The summed E-state index contributed by atoms with van der Waals surface area (Å²) in [6.45, 7) is 0.844. The Morgan fingerprint density at radius 3 is 2.54 bits per heavy atom. The number of sulfonamides is 1. The highest BCUT2D eigenvalue weighted by molar-refractivity contribution is 7.89. The van der Waals surface area contributed by atoms with E-state index in [1.54, 1.807) is 0 Å². The fourth-order valence-electron chi connectivity index (χ4n) is 3.23. The van der Waals surface area contributed by atoms with Crippen molar-refractivity contribution < 1.29 is 28.5 Å². The number of carboxylic acid groups (broad SMARTS) is 1. The summed E-state index contributed by atoms with van der Waals surface area (Å²) >= 11 is 0. The van der Waals surface area contributed by atoms with Crippen LogP contribution in [0.25, 0.3) is 11.0 Å². The molecule has 2 heterocycles. The van der Waals surface area contributed by atoms with Crippen molar-refractivity contribution in [2.45, 2.75) is 12.6 Å². The summed E-state index contributed by atoms with van der Waals surface area (Å²) < 4.78 is 27.3. The van der Waals surface area contributed by atoms with Gasteiger partial charge >= 0.3 is 0 Å². The molecule has 10 nitrogen and oxygen atoms in total. The maximum absolute atomic E-state index is 12.1. The van der Waals surface area contributed by atoms with Gasteiger partial charge in [0.15, 0.2) is 0 Å². The molecule has 3 rings (SSSR count). The molecule has 0 unspecified atom stereocenters. The normalized spacial score (nSPS) is 19.7. The second-order valence-electron chi connectivity index (χ2n) is 6.67. The van der Waals surface area contributed by atoms with Gasteiger partial charge in [-0.1, -0.05) is 12.1 Å². The zero-order valence-electron chi connectivity index (χ0n) is 15.8. The lowest BCUT2D eigenvalue weighted by atomic mass is 10.1. The van der Waals surface area contributed by atoms with Crippen molar-refractivity contribution in [3.05, 3.63) is 24.3 Å². The SMILES string of the molecule is CN(C)S(=O)(=O)C[C@@H]1CN(c2nc3ccccc3n2CCO)C[C@@H]1O.O=CO. The number of fused-ring (bicyclic) bond motifs is 1. The molecule has 0 amide bonds. The van der Waals surface area contributed by atoms with E-state index in [0.29, 0.717) is 25.6 Å². The Morgan fingerprint density at radius 1 is 1.29 bits per heavy atom. The molecular formula is C17H26N4O6S. The Morgan fingerprint density at radius 2 is 1.93 bits per heavy atom. The number of carbonyl (C=O) groups is 1. The van der Waals surface area contributed by atoms with E-state index >= 15 is 0 Å². The highest BCUT2D eigenvalue weighted by Gasteiger charge is 2.37. The molecule has 1 saturated heterocycles. The fourth-order valence-corrected chi connectivity index (χ4v) is 4.39. The fraction of sp³-hybridized carbons (Fsp3) is 0.529. The van der Waals surface area contributed by atoms with Crippen LogP contribution in [-0.2, 0) is 21.4 Å². The number of rotatable bonds is 6. The second-order valence-corrected chi connectivity index (χ2v) is 8.90. The van der Waals surface area contributed by atoms with Crippen molar-refractivity contribution in [1.82, 2.24) is 13.9 Å². The number of nitrogens with zero attached hydrogens (tertiary/aromatic N) is 4. The maximum atomic E-state index is 12.1. The molecule has 0 spiro atoms. The van der Waals surface area contributed by atoms with Crippen LogP contribution < -0.4 is 4.90 Å². The van der Waals surface area contributed by atoms with Gasteiger partial charge in [-0.2, -0.15) is 0 Å². The van der Waals surface area contributed by atoms with Crippen molar-refractivity contribution in [1.29, 1.82) is 0 Å². The first-order chi connectivity index (χ1) is 13.2. The number of para-hydroxylation sites is 2. The molecule has 0 bridgehead atoms. The van der Waals surface area contributed by atoms with Crippen LogP contribution in [0, 0.1) is 5.92 Å². The second kappa shape index (κ2) is 9.32. The summed E-state index contributed by atoms with van der Waals surface area (Å²) in [6, 6.07) is 7.63. The Balaban J connectivity index is 0.000000878. The van der Waals surface area contributed by atoms with Crippen LogP contribution >= 0.6 is 0 Å². The number of aromatic nitrogens is 2. The van der Waals surface area contributed by atoms with Gasteiger partial charge in [-0.25, -0.2) is 17.7 Å². The standard InChI is InChI=1S/C16H24N4O4S.CH2O2/c1-18(2)25(23,24)11-12-9-19(10-15(12)22)16-17-13-5-3-4-6-14(13)20(16)7-8-21;2-1-3/h3-6,12,15,21-22H,7-11H2,1-2H3;1H,(H,2,3)/t12-,15-;/m0./s1. The molecule has 28 heavy (non-hydrogen) atoms. The largest absolute Gasteiger partial charge is 0.483 e. The molecule has 0 aliphatic carbocycles. The van der Waals surface area contributed by atoms with Crippen LogP contribution in [0.5, 0.6) is 0 Å². The maximum Gasteiger partial charge on any atom is 0.290 e. The number of hydrogen-bond donors (Lipinski definition) is 3. The minimum Gasteiger partial charge on any atom is -0.483 e. The number of aliphatic hydroxyl groups is 2. The third kappa shape index (κ3) is 4.79. The van der Waals surface area contributed by atoms with Gasteiger partial charge in [0, 0.05) is 39.6 Å². The molecule has 156 valence electrons. The molecule has 1 aromatic carbocycles. The van der Waals surface area contributed by atoms with Crippen LogP contribution in [0.3, 0.4) is 0 Å². The van der Waals surface area contributed by atoms with Gasteiger partial charge in [0.25, 0.3) is 6.47 Å². The van der Waals surface area contributed by atoms with Crippen molar-refractivity contribution >= 4 is 33.5 Å². The average molecular weight is 414 g/mol. The van der Waals surface area contributed by atoms with Gasteiger partial charge < -0.3 is 24.8 Å². The van der Waals surface area contributed by atoms with Gasteiger partial charge in [-0.05, 0) is 12.1 Å². The summed E-state index contributed by atoms with van der Waals surface area (Å²) in [5.74, 6) is 0.173. The van der Waals surface area contributed by atoms with Gasteiger partial charge in [0.05, 0.1) is 29.5 Å². The minimum absolute atomic E-state index is 0.0256. The molecule has 2 aromatic rings. The summed E-state index contributed by atoms with van der Waals surface area (Å²) in [6.07, 6.45) is -0.739. The van der Waals surface area contributed by atoms with Crippen molar-refractivity contribution in [2.75, 3.05) is 44.4 Å². The Labute approximate surface area is 163 Å². The third-order valence-corrected chi connectivity index (χ3v) is 6.59. The number of anilines is 1. The first-order valence-electron chi connectivity index (χ1n) is 8.72. The summed E-state index contributed by atoms with van der Waals surface area (Å²) in [4.78, 5) is 14.9. The number of benzene rings is 1. The highest BCUT2D eigenvalue weighted by Crippen LogP contribution is 2.28. The molecule has 3 N–H and O–H groups in total. The molecule has 1 fully saturated rings. The number of imidazole rings is 1. The van der Waals surface area contributed by atoms with E-state index in [-0.39, 0.29) is 24.7 Å². The molecule has 1 aliphatic rings. The predicted octanol–water partition coefficient (Wildman–Crippen LogP) is -0.582. The molecule has 11 heteroatoms. The van der Waals surface area contributed by atoms with E-state index in [2.05, 4.69) is 4.98 Å². The van der Waals surface area contributed by atoms with Crippen LogP contribution in [0.2, 0.25) is 0 Å². The average Bonchev–Trinajstić information content (AvgIpc) is 3.17. The quantitative estimate of drug-likeness (QED) is 0.534. The van der Waals surface area contributed by atoms with Crippen molar-refractivity contribution in [2.24, 2.45) is 5.92 Å². The highest BCUT2D eigenvalue weighted by atomic mass is 32.2. The van der Waals surface area contributed by atoms with Crippen LogP contribution in [-0.4, -0.2) is 89.7 Å². The lowest BCUT2D eigenvalue weighted by molar-refractivity contribution is -0.122. The van der Waals surface area contributed by atoms with E-state index in [1.807, 2.05) is 33.7 Å². The van der Waals surface area contributed by atoms with Gasteiger partial charge in [0.2, 0.25) is 16.0 Å². The van der Waals surface area contributed by atoms with E-state index in [1.165, 1.54) is 18.4 Å². The van der Waals surface area contributed by atoms with Crippen LogP contribution in [0.1, 0.15) is 0 Å². The molecule has 0 saturated carbocycles. The van der Waals surface area contributed by atoms with E-state index in [0.717, 1.165) is 11.0 Å². The topological polar surface area (TPSA) is 136 Å². The number of aliphatic hydroxyl groups excluding tert-OH is 2. The van der Waals surface area contributed by atoms with E-state index in [9.17, 15) is 18.6 Å². The van der Waals surface area contributed by atoms with Crippen LogP contribution in [0.15, 0.2) is 24.3 Å². The van der Waals surface area contributed by atoms with Crippen molar-refractivity contribution in [3.63, 3.8) is 0 Å². The Hall–Kier alpha value is -2.21. The predicted molar refractivity (Wildman–Crippen MR) is 105 cm³/mol. The zero-order valence-corrected chi connectivity index (χ0v) is 16.7. The number of hydrogen-bond acceptors (Lipinski definition) is 7. The molecule has 1 aromatic heterocycles. The van der Waals surface area contributed by atoms with Gasteiger partial charge in [0.1, 0.15) is 0 Å². The Kier molecular flexibility index (Phi) is 7.35.